The van der Waals surface area contributed by atoms with Gasteiger partial charge in [0.05, 0.1) is 0 Å². The third-order valence-corrected chi connectivity index (χ3v) is 3.26. The standard InChI is InChI=1S/C17H17ClN2O3/c1-11-4-3-5-15(10-11)22-12(2)17(21)23-20-16(19)13-6-8-14(18)9-7-13/h3-10,12H,1-2H3,(H2,19,20). The van der Waals surface area contributed by atoms with E-state index in [-0.39, 0.29) is 5.84 Å². The van der Waals surface area contributed by atoms with Gasteiger partial charge in [0, 0.05) is 10.6 Å². The van der Waals surface area contributed by atoms with Gasteiger partial charge in [-0.15, -0.1) is 0 Å². The molecule has 0 bridgehead atoms. The van der Waals surface area contributed by atoms with E-state index in [0.29, 0.717) is 16.3 Å². The van der Waals surface area contributed by atoms with E-state index in [2.05, 4.69) is 5.16 Å². The van der Waals surface area contributed by atoms with Crippen LogP contribution in [0.15, 0.2) is 53.7 Å². The van der Waals surface area contributed by atoms with E-state index < -0.39 is 12.1 Å². The highest BCUT2D eigenvalue weighted by Gasteiger charge is 2.17. The van der Waals surface area contributed by atoms with Crippen LogP contribution in [0.5, 0.6) is 5.75 Å². The van der Waals surface area contributed by atoms with E-state index in [4.69, 9.17) is 26.9 Å². The average molecular weight is 333 g/mol. The second kappa shape index (κ2) is 7.65. The van der Waals surface area contributed by atoms with Gasteiger partial charge in [-0.3, -0.25) is 0 Å². The lowest BCUT2D eigenvalue weighted by Crippen LogP contribution is -2.26. The number of benzene rings is 2. The maximum Gasteiger partial charge on any atom is 0.374 e. The van der Waals surface area contributed by atoms with Crippen LogP contribution in [0, 0.1) is 6.92 Å². The molecule has 2 aromatic carbocycles. The Kier molecular flexibility index (Phi) is 5.60. The fourth-order valence-electron chi connectivity index (χ4n) is 1.78. The second-order valence-corrected chi connectivity index (χ2v) is 5.41. The maximum absolute atomic E-state index is 11.9. The van der Waals surface area contributed by atoms with E-state index in [1.807, 2.05) is 25.1 Å². The highest BCUT2D eigenvalue weighted by Crippen LogP contribution is 2.15. The smallest absolute Gasteiger partial charge is 0.374 e. The Morgan fingerprint density at radius 1 is 1.22 bits per heavy atom. The second-order valence-electron chi connectivity index (χ2n) is 4.97. The number of carbonyl (C=O) groups is 1. The van der Waals surface area contributed by atoms with Crippen LogP contribution in [0.1, 0.15) is 18.1 Å². The highest BCUT2D eigenvalue weighted by molar-refractivity contribution is 6.30. The highest BCUT2D eigenvalue weighted by atomic mass is 35.5. The van der Waals surface area contributed by atoms with Gasteiger partial charge in [0.1, 0.15) is 5.75 Å². The van der Waals surface area contributed by atoms with Crippen molar-refractivity contribution in [3.05, 3.63) is 64.7 Å². The molecule has 0 amide bonds. The zero-order chi connectivity index (χ0) is 16.8. The van der Waals surface area contributed by atoms with Crippen molar-refractivity contribution >= 4 is 23.4 Å². The van der Waals surface area contributed by atoms with Crippen molar-refractivity contribution in [1.29, 1.82) is 0 Å². The molecule has 0 aliphatic heterocycles. The summed E-state index contributed by atoms with van der Waals surface area (Å²) in [6, 6.07) is 14.1. The molecule has 0 aliphatic carbocycles. The summed E-state index contributed by atoms with van der Waals surface area (Å²) >= 11 is 5.79. The molecule has 0 aromatic heterocycles. The zero-order valence-electron chi connectivity index (χ0n) is 12.8. The van der Waals surface area contributed by atoms with E-state index in [0.717, 1.165) is 5.56 Å². The van der Waals surface area contributed by atoms with Crippen molar-refractivity contribution < 1.29 is 14.4 Å². The van der Waals surface area contributed by atoms with Crippen LogP contribution >= 0.6 is 11.6 Å². The normalized spacial score (nSPS) is 12.6. The molecule has 0 spiro atoms. The minimum atomic E-state index is -0.807. The monoisotopic (exact) mass is 332 g/mol. The number of nitrogens with zero attached hydrogens (tertiary/aromatic N) is 1. The Morgan fingerprint density at radius 3 is 2.57 bits per heavy atom. The molecule has 5 nitrogen and oxygen atoms in total. The first-order chi connectivity index (χ1) is 11.0. The van der Waals surface area contributed by atoms with E-state index >= 15 is 0 Å². The summed E-state index contributed by atoms with van der Waals surface area (Å²) in [7, 11) is 0. The minimum Gasteiger partial charge on any atom is -0.479 e. The van der Waals surface area contributed by atoms with Gasteiger partial charge in [0.25, 0.3) is 0 Å². The summed E-state index contributed by atoms with van der Waals surface area (Å²) in [5.41, 5.74) is 7.40. The molecule has 2 rings (SSSR count). The van der Waals surface area contributed by atoms with Crippen LogP contribution in [0.4, 0.5) is 0 Å². The molecule has 2 aromatic rings. The zero-order valence-corrected chi connectivity index (χ0v) is 13.6. The number of hydrogen-bond donors (Lipinski definition) is 1. The fourth-order valence-corrected chi connectivity index (χ4v) is 1.91. The lowest BCUT2D eigenvalue weighted by atomic mass is 10.2. The van der Waals surface area contributed by atoms with Gasteiger partial charge >= 0.3 is 5.97 Å². The topological polar surface area (TPSA) is 73.9 Å². The Hall–Kier alpha value is -2.53. The Balaban J connectivity index is 1.95. The van der Waals surface area contributed by atoms with Gasteiger partial charge < -0.3 is 15.3 Å². The molecule has 0 fully saturated rings. The maximum atomic E-state index is 11.9. The molecule has 1 atom stereocenters. The van der Waals surface area contributed by atoms with Gasteiger partial charge in [0.15, 0.2) is 11.9 Å². The molecule has 0 saturated heterocycles. The van der Waals surface area contributed by atoms with Crippen molar-refractivity contribution in [3.63, 3.8) is 0 Å². The number of ether oxygens (including phenoxy) is 1. The number of carbonyl (C=O) groups excluding carboxylic acids is 1. The van der Waals surface area contributed by atoms with E-state index in [1.165, 1.54) is 0 Å². The van der Waals surface area contributed by atoms with Gasteiger partial charge in [0.2, 0.25) is 0 Å². The molecule has 0 heterocycles. The van der Waals surface area contributed by atoms with Crippen LogP contribution in [-0.4, -0.2) is 17.9 Å². The molecule has 120 valence electrons. The number of aryl methyl sites for hydroxylation is 1. The first-order valence-corrected chi connectivity index (χ1v) is 7.37. The van der Waals surface area contributed by atoms with E-state index in [9.17, 15) is 4.79 Å². The number of nitrogens with two attached hydrogens (primary N) is 1. The molecule has 6 heteroatoms. The average Bonchev–Trinajstić information content (AvgIpc) is 2.53. The van der Waals surface area contributed by atoms with Gasteiger partial charge in [-0.05, 0) is 55.8 Å². The fraction of sp³-hybridized carbons (Fsp3) is 0.176. The van der Waals surface area contributed by atoms with Crippen LogP contribution in [0.2, 0.25) is 5.02 Å². The Morgan fingerprint density at radius 2 is 1.91 bits per heavy atom. The first-order valence-electron chi connectivity index (χ1n) is 6.99. The lowest BCUT2D eigenvalue weighted by Gasteiger charge is -2.12. The van der Waals surface area contributed by atoms with Crippen molar-refractivity contribution in [3.8, 4) is 5.75 Å². The van der Waals surface area contributed by atoms with Crippen LogP contribution in [-0.2, 0) is 9.63 Å². The summed E-state index contributed by atoms with van der Waals surface area (Å²) in [5, 5.41) is 4.21. The largest absolute Gasteiger partial charge is 0.479 e. The summed E-state index contributed by atoms with van der Waals surface area (Å²) in [5.74, 6) is 0.0327. The van der Waals surface area contributed by atoms with Crippen molar-refractivity contribution in [2.45, 2.75) is 20.0 Å². The number of halogens is 1. The summed E-state index contributed by atoms with van der Waals surface area (Å²) in [6.07, 6.45) is -0.807. The minimum absolute atomic E-state index is 0.0813. The van der Waals surface area contributed by atoms with Gasteiger partial charge in [-0.1, -0.05) is 28.9 Å². The molecule has 1 unspecified atom stereocenters. The van der Waals surface area contributed by atoms with Crippen molar-refractivity contribution in [2.24, 2.45) is 10.9 Å². The Bertz CT molecular complexity index is 714. The molecular weight excluding hydrogens is 316 g/mol. The Labute approximate surface area is 139 Å². The van der Waals surface area contributed by atoms with Gasteiger partial charge in [-0.25, -0.2) is 4.79 Å². The molecule has 0 radical (unpaired) electrons. The third-order valence-electron chi connectivity index (χ3n) is 3.01. The molecule has 0 saturated carbocycles. The predicted molar refractivity (Wildman–Crippen MR) is 89.5 cm³/mol. The van der Waals surface area contributed by atoms with Crippen LogP contribution < -0.4 is 10.5 Å². The molecule has 0 aliphatic rings. The van der Waals surface area contributed by atoms with Crippen molar-refractivity contribution in [1.82, 2.24) is 0 Å². The predicted octanol–water partition coefficient (Wildman–Crippen LogP) is 3.28. The first kappa shape index (κ1) is 16.8. The number of hydrogen-bond acceptors (Lipinski definition) is 4. The number of amidine groups is 1. The van der Waals surface area contributed by atoms with Gasteiger partial charge in [-0.2, -0.15) is 0 Å². The summed E-state index contributed by atoms with van der Waals surface area (Å²) < 4.78 is 5.51. The summed E-state index contributed by atoms with van der Waals surface area (Å²) in [6.45, 7) is 3.52. The number of rotatable bonds is 5. The number of oxime groups is 1. The van der Waals surface area contributed by atoms with E-state index in [1.54, 1.807) is 37.3 Å². The SMILES string of the molecule is Cc1cccc(OC(C)C(=O)O/N=C(\N)c2ccc(Cl)cc2)c1. The summed E-state index contributed by atoms with van der Waals surface area (Å²) in [4.78, 5) is 16.7. The van der Waals surface area contributed by atoms with Crippen LogP contribution in [0.25, 0.3) is 0 Å². The van der Waals surface area contributed by atoms with Crippen LogP contribution in [0.3, 0.4) is 0 Å². The van der Waals surface area contributed by atoms with Crippen molar-refractivity contribution in [2.75, 3.05) is 0 Å². The lowest BCUT2D eigenvalue weighted by molar-refractivity contribution is -0.151. The molecule has 23 heavy (non-hydrogen) atoms. The third kappa shape index (κ3) is 5.00. The molecular formula is C17H17ClN2O3. The quantitative estimate of drug-likeness (QED) is 0.394. The molecule has 2 N–H and O–H groups in total.